The molecule has 19 heavy (non-hydrogen) atoms. The summed E-state index contributed by atoms with van der Waals surface area (Å²) in [6.07, 6.45) is 2.58. The van der Waals surface area contributed by atoms with E-state index < -0.39 is 0 Å². The zero-order valence-corrected chi connectivity index (χ0v) is 13.1. The number of hydrogen-bond donors (Lipinski definition) is 1. The third-order valence-electron chi connectivity index (χ3n) is 3.89. The van der Waals surface area contributed by atoms with Crippen molar-refractivity contribution in [3.05, 3.63) is 34.3 Å². The fraction of sp³-hybridized carbons (Fsp3) is 0.533. The molecule has 1 atom stereocenters. The van der Waals surface area contributed by atoms with E-state index in [-0.39, 0.29) is 0 Å². The number of likely N-dealkylation sites (tertiary alicyclic amines) is 1. The van der Waals surface area contributed by atoms with Gasteiger partial charge in [0.1, 0.15) is 4.99 Å². The molecule has 4 heteroatoms. The van der Waals surface area contributed by atoms with Crippen molar-refractivity contribution in [3.8, 4) is 0 Å². The van der Waals surface area contributed by atoms with E-state index in [1.807, 2.05) is 18.2 Å². The van der Waals surface area contributed by atoms with Crippen molar-refractivity contribution in [3.63, 3.8) is 0 Å². The summed E-state index contributed by atoms with van der Waals surface area (Å²) in [4.78, 5) is 2.93. The molecule has 2 rings (SSSR count). The first-order chi connectivity index (χ1) is 8.99. The molecule has 104 valence electrons. The Morgan fingerprint density at radius 2 is 2.26 bits per heavy atom. The highest BCUT2D eigenvalue weighted by atomic mass is 35.5. The number of nitrogens with zero attached hydrogens (tertiary/aromatic N) is 1. The van der Waals surface area contributed by atoms with Gasteiger partial charge in [-0.25, -0.2) is 0 Å². The monoisotopic (exact) mass is 296 g/mol. The van der Waals surface area contributed by atoms with E-state index in [1.54, 1.807) is 0 Å². The van der Waals surface area contributed by atoms with E-state index in [0.717, 1.165) is 29.2 Å². The third-order valence-corrected chi connectivity index (χ3v) is 4.48. The molecule has 2 nitrogen and oxygen atoms in total. The predicted octanol–water partition coefficient (Wildman–Crippen LogP) is 3.59. The maximum absolute atomic E-state index is 6.34. The lowest BCUT2D eigenvalue weighted by molar-refractivity contribution is 0.199. The first kappa shape index (κ1) is 14.8. The van der Waals surface area contributed by atoms with Crippen molar-refractivity contribution < 1.29 is 0 Å². The van der Waals surface area contributed by atoms with E-state index >= 15 is 0 Å². The lowest BCUT2D eigenvalue weighted by Crippen LogP contribution is -2.32. The Morgan fingerprint density at radius 1 is 1.53 bits per heavy atom. The van der Waals surface area contributed by atoms with Crippen molar-refractivity contribution in [2.75, 3.05) is 6.54 Å². The van der Waals surface area contributed by atoms with E-state index in [4.69, 9.17) is 29.6 Å². The van der Waals surface area contributed by atoms with Crippen LogP contribution in [0.25, 0.3) is 0 Å². The third kappa shape index (κ3) is 3.47. The quantitative estimate of drug-likeness (QED) is 0.861. The molecule has 0 amide bonds. The van der Waals surface area contributed by atoms with Crippen molar-refractivity contribution >= 4 is 28.8 Å². The van der Waals surface area contributed by atoms with Gasteiger partial charge in [0.2, 0.25) is 0 Å². The van der Waals surface area contributed by atoms with Crippen LogP contribution in [0.4, 0.5) is 0 Å². The van der Waals surface area contributed by atoms with Gasteiger partial charge in [-0.05, 0) is 36.9 Å². The summed E-state index contributed by atoms with van der Waals surface area (Å²) in [5.74, 6) is 0.692. The fourth-order valence-corrected chi connectivity index (χ4v) is 3.22. The van der Waals surface area contributed by atoms with Crippen LogP contribution in [0.3, 0.4) is 0 Å². The number of rotatable bonds is 4. The summed E-state index contributed by atoms with van der Waals surface area (Å²) < 4.78 is 0. The molecule has 0 saturated carbocycles. The van der Waals surface area contributed by atoms with Crippen molar-refractivity contribution in [1.82, 2.24) is 4.90 Å². The van der Waals surface area contributed by atoms with Gasteiger partial charge in [0, 0.05) is 23.2 Å². The van der Waals surface area contributed by atoms with Gasteiger partial charge in [-0.1, -0.05) is 49.8 Å². The Hall–Kier alpha value is -0.640. The summed E-state index contributed by atoms with van der Waals surface area (Å²) >= 11 is 11.3. The second-order valence-electron chi connectivity index (χ2n) is 5.59. The lowest BCUT2D eigenvalue weighted by atomic mass is 10.0. The van der Waals surface area contributed by atoms with E-state index in [9.17, 15) is 0 Å². The molecule has 0 spiro atoms. The number of halogens is 1. The Bertz CT molecular complexity index is 473. The summed E-state index contributed by atoms with van der Waals surface area (Å²) in [7, 11) is 0. The average Bonchev–Trinajstić information content (AvgIpc) is 2.79. The van der Waals surface area contributed by atoms with Crippen molar-refractivity contribution in [2.24, 2.45) is 11.7 Å². The van der Waals surface area contributed by atoms with Crippen LogP contribution in [0, 0.1) is 5.92 Å². The van der Waals surface area contributed by atoms with Crippen LogP contribution < -0.4 is 5.73 Å². The number of benzene rings is 1. The topological polar surface area (TPSA) is 29.3 Å². The summed E-state index contributed by atoms with van der Waals surface area (Å²) in [6.45, 7) is 6.66. The molecule has 1 aliphatic heterocycles. The number of hydrogen-bond acceptors (Lipinski definition) is 2. The van der Waals surface area contributed by atoms with Crippen LogP contribution in [0.15, 0.2) is 18.2 Å². The molecule has 0 aliphatic carbocycles. The highest BCUT2D eigenvalue weighted by Gasteiger charge is 2.27. The molecule has 0 radical (unpaired) electrons. The number of thiocarbonyl (C=S) groups is 1. The Balaban J connectivity index is 2.13. The summed E-state index contributed by atoms with van der Waals surface area (Å²) in [6, 6.07) is 6.56. The van der Waals surface area contributed by atoms with Crippen molar-refractivity contribution in [1.29, 1.82) is 0 Å². The summed E-state index contributed by atoms with van der Waals surface area (Å²) in [5.41, 5.74) is 7.62. The van der Waals surface area contributed by atoms with Gasteiger partial charge < -0.3 is 5.73 Å². The highest BCUT2D eigenvalue weighted by molar-refractivity contribution is 7.80. The largest absolute Gasteiger partial charge is 0.389 e. The van der Waals surface area contributed by atoms with Gasteiger partial charge in [0.15, 0.2) is 0 Å². The van der Waals surface area contributed by atoms with Gasteiger partial charge in [-0.2, -0.15) is 0 Å². The first-order valence-electron chi connectivity index (χ1n) is 6.81. The molecule has 2 N–H and O–H groups in total. The molecule has 1 saturated heterocycles. The smallest absolute Gasteiger partial charge is 0.104 e. The van der Waals surface area contributed by atoms with Crippen LogP contribution in [0.2, 0.25) is 5.02 Å². The molecule has 1 heterocycles. The molecule has 1 aromatic carbocycles. The molecular formula is C15H21ClN2S. The summed E-state index contributed by atoms with van der Waals surface area (Å²) in [5, 5.41) is 0.764. The fourth-order valence-electron chi connectivity index (χ4n) is 2.85. The SMILES string of the molecule is CC(C)C1CCCN1Cc1ccc(C(N)=S)cc1Cl. The van der Waals surface area contributed by atoms with Crippen LogP contribution in [-0.4, -0.2) is 22.5 Å². The zero-order valence-electron chi connectivity index (χ0n) is 11.5. The van der Waals surface area contributed by atoms with Gasteiger partial charge in [0.05, 0.1) is 0 Å². The Morgan fingerprint density at radius 3 is 2.84 bits per heavy atom. The molecule has 1 aromatic rings. The second-order valence-corrected chi connectivity index (χ2v) is 6.44. The first-order valence-corrected chi connectivity index (χ1v) is 7.60. The van der Waals surface area contributed by atoms with Crippen LogP contribution in [-0.2, 0) is 6.54 Å². The molecule has 1 fully saturated rings. The molecule has 0 aromatic heterocycles. The Kier molecular flexibility index (Phi) is 4.82. The molecular weight excluding hydrogens is 276 g/mol. The lowest BCUT2D eigenvalue weighted by Gasteiger charge is -2.28. The van der Waals surface area contributed by atoms with E-state index in [1.165, 1.54) is 12.8 Å². The predicted molar refractivity (Wildman–Crippen MR) is 85.6 cm³/mol. The van der Waals surface area contributed by atoms with Gasteiger partial charge in [0.25, 0.3) is 0 Å². The van der Waals surface area contributed by atoms with Crippen LogP contribution >= 0.6 is 23.8 Å². The van der Waals surface area contributed by atoms with Gasteiger partial charge in [-0.3, -0.25) is 4.90 Å². The minimum atomic E-state index is 0.398. The second kappa shape index (κ2) is 6.21. The normalized spacial score (nSPS) is 20.1. The Labute approximate surface area is 125 Å². The van der Waals surface area contributed by atoms with Crippen molar-refractivity contribution in [2.45, 2.75) is 39.3 Å². The minimum Gasteiger partial charge on any atom is -0.389 e. The van der Waals surface area contributed by atoms with Gasteiger partial charge >= 0.3 is 0 Å². The molecule has 1 unspecified atom stereocenters. The molecule has 1 aliphatic rings. The zero-order chi connectivity index (χ0) is 14.0. The van der Waals surface area contributed by atoms with Gasteiger partial charge in [-0.15, -0.1) is 0 Å². The van der Waals surface area contributed by atoms with E-state index in [0.29, 0.717) is 16.9 Å². The maximum Gasteiger partial charge on any atom is 0.104 e. The van der Waals surface area contributed by atoms with E-state index in [2.05, 4.69) is 18.7 Å². The minimum absolute atomic E-state index is 0.398. The maximum atomic E-state index is 6.34. The average molecular weight is 297 g/mol. The number of nitrogens with two attached hydrogens (primary N) is 1. The molecule has 0 bridgehead atoms. The van der Waals surface area contributed by atoms with Crippen LogP contribution in [0.5, 0.6) is 0 Å². The standard InChI is InChI=1S/C15H21ClN2S/c1-10(2)14-4-3-7-18(14)9-12-6-5-11(15(17)19)8-13(12)16/h5-6,8,10,14H,3-4,7,9H2,1-2H3,(H2,17,19). The van der Waals surface area contributed by atoms with Crippen LogP contribution in [0.1, 0.15) is 37.8 Å². The highest BCUT2D eigenvalue weighted by Crippen LogP contribution is 2.28.